The lowest BCUT2D eigenvalue weighted by Gasteiger charge is -2.24. The van der Waals surface area contributed by atoms with E-state index in [9.17, 15) is 13.2 Å². The summed E-state index contributed by atoms with van der Waals surface area (Å²) in [5, 5.41) is 3.52. The van der Waals surface area contributed by atoms with E-state index in [1.165, 1.54) is 18.6 Å². The van der Waals surface area contributed by atoms with Crippen LogP contribution in [0.2, 0.25) is 5.02 Å². The smallest absolute Gasteiger partial charge is 0.261 e. The molecule has 0 radical (unpaired) electrons. The zero-order valence-corrected chi connectivity index (χ0v) is 18.7. The summed E-state index contributed by atoms with van der Waals surface area (Å²) in [6.07, 6.45) is 4.84. The van der Waals surface area contributed by atoms with Gasteiger partial charge in [-0.2, -0.15) is 0 Å². The molecule has 2 aromatic carbocycles. The van der Waals surface area contributed by atoms with E-state index in [-0.39, 0.29) is 16.8 Å². The molecule has 0 saturated heterocycles. The third-order valence-corrected chi connectivity index (χ3v) is 7.07. The number of hydrogen-bond acceptors (Lipinski definition) is 4. The van der Waals surface area contributed by atoms with Crippen molar-refractivity contribution in [1.29, 1.82) is 0 Å². The third kappa shape index (κ3) is 5.67. The second-order valence-corrected chi connectivity index (χ2v) is 9.68. The standard InChI is InChI=1S/C22H27ClN2O4S/c1-15-20(23)9-6-10-21(15)25-30(27,28)19-13-11-18(12-14-19)29-16(2)22(26)24-17-7-4-3-5-8-17/h6,9-14,16-17,25H,3-5,7-8H2,1-2H3,(H,24,26)/t16-/m1/s1. The molecule has 0 bridgehead atoms. The fraction of sp³-hybridized carbons (Fsp3) is 0.409. The van der Waals surface area contributed by atoms with Crippen molar-refractivity contribution < 1.29 is 17.9 Å². The van der Waals surface area contributed by atoms with Crippen molar-refractivity contribution in [2.24, 2.45) is 0 Å². The van der Waals surface area contributed by atoms with Crippen LogP contribution in [0.3, 0.4) is 0 Å². The number of halogens is 1. The molecule has 1 saturated carbocycles. The molecule has 1 fully saturated rings. The number of sulfonamides is 1. The molecule has 0 heterocycles. The second kappa shape index (κ2) is 9.71. The number of rotatable bonds is 7. The van der Waals surface area contributed by atoms with E-state index < -0.39 is 16.1 Å². The van der Waals surface area contributed by atoms with Gasteiger partial charge in [0.1, 0.15) is 5.75 Å². The lowest BCUT2D eigenvalue weighted by Crippen LogP contribution is -2.43. The summed E-state index contributed by atoms with van der Waals surface area (Å²) in [4.78, 5) is 12.4. The van der Waals surface area contributed by atoms with Crippen molar-refractivity contribution in [3.63, 3.8) is 0 Å². The largest absolute Gasteiger partial charge is 0.481 e. The van der Waals surface area contributed by atoms with E-state index in [1.54, 1.807) is 44.2 Å². The zero-order valence-electron chi connectivity index (χ0n) is 17.2. The van der Waals surface area contributed by atoms with Crippen LogP contribution in [0.25, 0.3) is 0 Å². The number of amides is 1. The van der Waals surface area contributed by atoms with Crippen LogP contribution in [-0.4, -0.2) is 26.5 Å². The molecule has 30 heavy (non-hydrogen) atoms. The van der Waals surface area contributed by atoms with Gasteiger partial charge in [0.25, 0.3) is 15.9 Å². The SMILES string of the molecule is Cc1c(Cl)cccc1NS(=O)(=O)c1ccc(O[C@H](C)C(=O)NC2CCCCC2)cc1. The fourth-order valence-corrected chi connectivity index (χ4v) is 4.74. The molecule has 2 N–H and O–H groups in total. The van der Waals surface area contributed by atoms with Crippen molar-refractivity contribution >= 4 is 33.2 Å². The van der Waals surface area contributed by atoms with Gasteiger partial charge in [-0.3, -0.25) is 9.52 Å². The van der Waals surface area contributed by atoms with E-state index in [4.69, 9.17) is 16.3 Å². The van der Waals surface area contributed by atoms with Crippen LogP contribution in [0.4, 0.5) is 5.69 Å². The predicted molar refractivity (Wildman–Crippen MR) is 119 cm³/mol. The van der Waals surface area contributed by atoms with Crippen LogP contribution in [0.1, 0.15) is 44.6 Å². The number of anilines is 1. The Morgan fingerprint density at radius 1 is 1.10 bits per heavy atom. The Hall–Kier alpha value is -2.25. The number of benzene rings is 2. The minimum absolute atomic E-state index is 0.0912. The molecule has 1 amide bonds. The van der Waals surface area contributed by atoms with E-state index >= 15 is 0 Å². The first-order valence-corrected chi connectivity index (χ1v) is 12.0. The van der Waals surface area contributed by atoms with Gasteiger partial charge in [0.05, 0.1) is 10.6 Å². The van der Waals surface area contributed by atoms with Crippen LogP contribution >= 0.6 is 11.6 Å². The highest BCUT2D eigenvalue weighted by molar-refractivity contribution is 7.92. The second-order valence-electron chi connectivity index (χ2n) is 7.59. The molecule has 0 spiro atoms. The predicted octanol–water partition coefficient (Wildman–Crippen LogP) is 4.67. The first kappa shape index (κ1) is 22.4. The highest BCUT2D eigenvalue weighted by Gasteiger charge is 2.21. The lowest BCUT2D eigenvalue weighted by atomic mass is 9.95. The number of nitrogens with one attached hydrogen (secondary N) is 2. The number of carbonyl (C=O) groups is 1. The summed E-state index contributed by atoms with van der Waals surface area (Å²) in [7, 11) is -3.78. The summed E-state index contributed by atoms with van der Waals surface area (Å²) in [5.41, 5.74) is 1.08. The Morgan fingerprint density at radius 3 is 2.43 bits per heavy atom. The molecule has 0 aliphatic heterocycles. The topological polar surface area (TPSA) is 84.5 Å². The summed E-state index contributed by atoms with van der Waals surface area (Å²) in [6, 6.07) is 11.2. The summed E-state index contributed by atoms with van der Waals surface area (Å²) < 4.78 is 33.6. The van der Waals surface area contributed by atoms with Gasteiger partial charge in [0.15, 0.2) is 6.10 Å². The van der Waals surface area contributed by atoms with Gasteiger partial charge in [0, 0.05) is 11.1 Å². The molecule has 2 aromatic rings. The monoisotopic (exact) mass is 450 g/mol. The van der Waals surface area contributed by atoms with Crippen LogP contribution in [0, 0.1) is 6.92 Å². The minimum atomic E-state index is -3.78. The highest BCUT2D eigenvalue weighted by atomic mass is 35.5. The van der Waals surface area contributed by atoms with Crippen molar-refractivity contribution in [3.05, 3.63) is 53.1 Å². The van der Waals surface area contributed by atoms with Gasteiger partial charge >= 0.3 is 0 Å². The van der Waals surface area contributed by atoms with E-state index in [0.29, 0.717) is 22.0 Å². The maximum absolute atomic E-state index is 12.7. The fourth-order valence-electron chi connectivity index (χ4n) is 3.44. The van der Waals surface area contributed by atoms with Gasteiger partial charge in [-0.1, -0.05) is 36.9 Å². The maximum Gasteiger partial charge on any atom is 0.261 e. The van der Waals surface area contributed by atoms with Crippen LogP contribution in [0.5, 0.6) is 5.75 Å². The van der Waals surface area contributed by atoms with Crippen molar-refractivity contribution in [2.45, 2.75) is 63.0 Å². The Balaban J connectivity index is 1.62. The number of carbonyl (C=O) groups excluding carboxylic acids is 1. The molecule has 8 heteroatoms. The molecule has 1 atom stereocenters. The Kier molecular flexibility index (Phi) is 7.26. The van der Waals surface area contributed by atoms with Crippen molar-refractivity contribution in [2.75, 3.05) is 4.72 Å². The molecule has 0 unspecified atom stereocenters. The van der Waals surface area contributed by atoms with Gasteiger partial charge in [0.2, 0.25) is 0 Å². The quantitative estimate of drug-likeness (QED) is 0.642. The molecule has 162 valence electrons. The van der Waals surface area contributed by atoms with Gasteiger partial charge < -0.3 is 10.1 Å². The van der Waals surface area contributed by atoms with Crippen molar-refractivity contribution in [3.8, 4) is 5.75 Å². The molecule has 1 aliphatic carbocycles. The summed E-state index contributed by atoms with van der Waals surface area (Å²) in [5.74, 6) is 0.274. The lowest BCUT2D eigenvalue weighted by molar-refractivity contribution is -0.128. The molecule has 3 rings (SSSR count). The normalized spacial score (nSPS) is 16.0. The minimum Gasteiger partial charge on any atom is -0.481 e. The van der Waals surface area contributed by atoms with Crippen LogP contribution < -0.4 is 14.8 Å². The Bertz CT molecular complexity index is 987. The van der Waals surface area contributed by atoms with Crippen molar-refractivity contribution in [1.82, 2.24) is 5.32 Å². The third-order valence-electron chi connectivity index (χ3n) is 5.28. The average molecular weight is 451 g/mol. The molecule has 6 nitrogen and oxygen atoms in total. The first-order chi connectivity index (χ1) is 14.3. The number of hydrogen-bond donors (Lipinski definition) is 2. The van der Waals surface area contributed by atoms with E-state index in [0.717, 1.165) is 25.7 Å². The summed E-state index contributed by atoms with van der Waals surface area (Å²) >= 11 is 6.06. The molecular formula is C22H27ClN2O4S. The van der Waals surface area contributed by atoms with Gasteiger partial charge in [-0.15, -0.1) is 0 Å². The first-order valence-electron chi connectivity index (χ1n) is 10.1. The summed E-state index contributed by atoms with van der Waals surface area (Å²) in [6.45, 7) is 3.43. The average Bonchev–Trinajstić information content (AvgIpc) is 2.72. The zero-order chi connectivity index (χ0) is 21.7. The Labute approximate surface area is 183 Å². The molecule has 0 aromatic heterocycles. The van der Waals surface area contributed by atoms with E-state index in [1.807, 2.05) is 0 Å². The van der Waals surface area contributed by atoms with Crippen LogP contribution in [-0.2, 0) is 14.8 Å². The molecule has 1 aliphatic rings. The van der Waals surface area contributed by atoms with Crippen LogP contribution in [0.15, 0.2) is 47.4 Å². The highest BCUT2D eigenvalue weighted by Crippen LogP contribution is 2.26. The Morgan fingerprint density at radius 2 is 1.77 bits per heavy atom. The van der Waals surface area contributed by atoms with Gasteiger partial charge in [-0.25, -0.2) is 8.42 Å². The molecular weight excluding hydrogens is 424 g/mol. The number of ether oxygens (including phenoxy) is 1. The van der Waals surface area contributed by atoms with E-state index in [2.05, 4.69) is 10.0 Å². The van der Waals surface area contributed by atoms with Gasteiger partial charge in [-0.05, 0) is 68.7 Å². The maximum atomic E-state index is 12.7.